The number of carbonyl (C=O) groups is 3. The number of aryl methyl sites for hydroxylation is 1. The van der Waals surface area contributed by atoms with Crippen LogP contribution in [0.4, 0.5) is 27.8 Å². The van der Waals surface area contributed by atoms with Crippen LogP contribution in [0.1, 0.15) is 63.3 Å². The van der Waals surface area contributed by atoms with E-state index in [-0.39, 0.29) is 40.5 Å². The Kier molecular flexibility index (Phi) is 8.99. The molecule has 0 saturated carbocycles. The number of halogens is 6. The van der Waals surface area contributed by atoms with E-state index in [0.29, 0.717) is 17.8 Å². The summed E-state index contributed by atoms with van der Waals surface area (Å²) in [4.78, 5) is 47.1. The van der Waals surface area contributed by atoms with Crippen molar-refractivity contribution in [2.45, 2.75) is 39.0 Å². The SMILES string of the molecule is CC(=O)Cn1c(C(=O)NCc2cn(C)cn2)nc(NC(=O)c2cc(F)cc(C(F)(F)F)c2)c1[C@@H](C)c1cc(F)ccc1Cl. The predicted octanol–water partition coefficient (Wildman–Crippen LogP) is 5.49. The summed E-state index contributed by atoms with van der Waals surface area (Å²) in [5.74, 6) is -5.94. The van der Waals surface area contributed by atoms with E-state index in [4.69, 9.17) is 11.6 Å². The predicted molar refractivity (Wildman–Crippen MR) is 146 cm³/mol. The third-order valence-electron chi connectivity index (χ3n) is 6.33. The van der Waals surface area contributed by atoms with E-state index in [1.54, 1.807) is 24.7 Å². The first kappa shape index (κ1) is 31.3. The van der Waals surface area contributed by atoms with Gasteiger partial charge in [-0.3, -0.25) is 14.4 Å². The minimum Gasteiger partial charge on any atom is -0.344 e. The van der Waals surface area contributed by atoms with E-state index in [0.717, 1.165) is 12.1 Å². The van der Waals surface area contributed by atoms with Crippen LogP contribution in [-0.4, -0.2) is 36.7 Å². The first-order chi connectivity index (χ1) is 20.1. The summed E-state index contributed by atoms with van der Waals surface area (Å²) < 4.78 is 71.0. The number of nitrogens with zero attached hydrogens (tertiary/aromatic N) is 4. The van der Waals surface area contributed by atoms with Crippen molar-refractivity contribution in [1.82, 2.24) is 24.4 Å². The molecule has 43 heavy (non-hydrogen) atoms. The zero-order valence-electron chi connectivity index (χ0n) is 22.9. The van der Waals surface area contributed by atoms with Gasteiger partial charge < -0.3 is 19.8 Å². The van der Waals surface area contributed by atoms with Crippen LogP contribution >= 0.6 is 11.6 Å². The number of hydrogen-bond donors (Lipinski definition) is 2. The van der Waals surface area contributed by atoms with Gasteiger partial charge in [-0.05, 0) is 48.9 Å². The lowest BCUT2D eigenvalue weighted by Gasteiger charge is -2.19. The first-order valence-corrected chi connectivity index (χ1v) is 13.0. The van der Waals surface area contributed by atoms with Gasteiger partial charge in [-0.15, -0.1) is 0 Å². The Morgan fingerprint density at radius 2 is 1.77 bits per heavy atom. The number of ketones is 1. The summed E-state index contributed by atoms with van der Waals surface area (Å²) in [6.45, 7) is 2.34. The van der Waals surface area contributed by atoms with E-state index in [1.807, 2.05) is 0 Å². The van der Waals surface area contributed by atoms with Crippen molar-refractivity contribution in [2.75, 3.05) is 5.32 Å². The Labute approximate surface area is 246 Å². The maximum absolute atomic E-state index is 14.2. The Bertz CT molecular complexity index is 1720. The highest BCUT2D eigenvalue weighted by molar-refractivity contribution is 6.31. The number of amides is 2. The van der Waals surface area contributed by atoms with Gasteiger partial charge >= 0.3 is 6.18 Å². The molecule has 0 spiro atoms. The molecule has 9 nitrogen and oxygen atoms in total. The summed E-state index contributed by atoms with van der Waals surface area (Å²) in [6, 6.07) is 4.82. The number of alkyl halides is 3. The highest BCUT2D eigenvalue weighted by Crippen LogP contribution is 2.36. The van der Waals surface area contributed by atoms with Gasteiger partial charge in [-0.2, -0.15) is 13.2 Å². The van der Waals surface area contributed by atoms with Crippen molar-refractivity contribution in [2.24, 2.45) is 7.05 Å². The Morgan fingerprint density at radius 3 is 2.40 bits per heavy atom. The van der Waals surface area contributed by atoms with Crippen LogP contribution in [-0.2, 0) is 31.1 Å². The summed E-state index contributed by atoms with van der Waals surface area (Å²) >= 11 is 6.33. The molecule has 2 heterocycles. The maximum Gasteiger partial charge on any atom is 0.416 e. The number of anilines is 1. The van der Waals surface area contributed by atoms with Crippen molar-refractivity contribution in [3.8, 4) is 0 Å². The molecular formula is C28H24ClF5N6O3. The maximum atomic E-state index is 14.2. The average Bonchev–Trinajstić information content (AvgIpc) is 3.49. The minimum absolute atomic E-state index is 0.0199. The molecule has 1 atom stereocenters. The second-order valence-corrected chi connectivity index (χ2v) is 10.1. The number of rotatable bonds is 9. The summed E-state index contributed by atoms with van der Waals surface area (Å²) in [5.41, 5.74) is -1.36. The van der Waals surface area contributed by atoms with Gasteiger partial charge in [-0.1, -0.05) is 18.5 Å². The Hall–Kier alpha value is -4.59. The van der Waals surface area contributed by atoms with Crippen LogP contribution in [0, 0.1) is 11.6 Å². The monoisotopic (exact) mass is 622 g/mol. The molecule has 0 fully saturated rings. The van der Waals surface area contributed by atoms with Gasteiger partial charge in [0.1, 0.15) is 17.4 Å². The molecule has 0 bridgehead atoms. The molecule has 15 heteroatoms. The van der Waals surface area contributed by atoms with Crippen LogP contribution in [0.2, 0.25) is 5.02 Å². The number of benzene rings is 2. The molecule has 4 aromatic rings. The molecule has 2 N–H and O–H groups in total. The molecule has 2 amide bonds. The molecule has 0 radical (unpaired) electrons. The lowest BCUT2D eigenvalue weighted by Crippen LogP contribution is -2.28. The van der Waals surface area contributed by atoms with Gasteiger partial charge in [0, 0.05) is 29.7 Å². The van der Waals surface area contributed by atoms with Gasteiger partial charge in [-0.25, -0.2) is 18.7 Å². The molecule has 0 aliphatic carbocycles. The Balaban J connectivity index is 1.83. The van der Waals surface area contributed by atoms with Crippen molar-refractivity contribution in [3.05, 3.63) is 99.5 Å². The van der Waals surface area contributed by atoms with Crippen LogP contribution < -0.4 is 10.6 Å². The molecule has 2 aromatic heterocycles. The number of carbonyl (C=O) groups excluding carboxylic acids is 3. The quantitative estimate of drug-likeness (QED) is 0.240. The molecule has 0 saturated heterocycles. The number of aromatic nitrogens is 4. The number of imidazole rings is 2. The second-order valence-electron chi connectivity index (χ2n) is 9.74. The fourth-order valence-corrected chi connectivity index (χ4v) is 4.70. The topological polar surface area (TPSA) is 111 Å². The largest absolute Gasteiger partial charge is 0.416 e. The van der Waals surface area contributed by atoms with Crippen LogP contribution in [0.5, 0.6) is 0 Å². The molecular weight excluding hydrogens is 599 g/mol. The van der Waals surface area contributed by atoms with Crippen LogP contribution in [0.3, 0.4) is 0 Å². The third-order valence-corrected chi connectivity index (χ3v) is 6.68. The van der Waals surface area contributed by atoms with Crippen molar-refractivity contribution in [1.29, 1.82) is 0 Å². The lowest BCUT2D eigenvalue weighted by atomic mass is 9.96. The van der Waals surface area contributed by atoms with Crippen LogP contribution in [0.15, 0.2) is 48.9 Å². The zero-order chi connectivity index (χ0) is 31.6. The summed E-state index contributed by atoms with van der Waals surface area (Å²) in [7, 11) is 1.73. The number of nitrogens with one attached hydrogen (secondary N) is 2. The molecule has 2 aromatic carbocycles. The minimum atomic E-state index is -4.94. The highest BCUT2D eigenvalue weighted by atomic mass is 35.5. The van der Waals surface area contributed by atoms with Gasteiger partial charge in [0.05, 0.1) is 36.4 Å². The second kappa shape index (κ2) is 12.3. The third kappa shape index (κ3) is 7.25. The Morgan fingerprint density at radius 1 is 1.05 bits per heavy atom. The zero-order valence-corrected chi connectivity index (χ0v) is 23.6. The van der Waals surface area contributed by atoms with E-state index < -0.39 is 59.0 Å². The standard InChI is InChI=1S/C28H24ClF5N6O3/c1-14(41)11-40-23(15(2)21-9-18(30)4-5-22(21)29)24(37-25(40)27(43)35-10-20-12-39(3)13-36-20)38-26(42)16-6-17(28(32,33)34)8-19(31)7-16/h4-9,12-13,15H,10-11H2,1-3H3,(H,35,43)(H,38,42)/t15-/m0/s1. The normalized spacial score (nSPS) is 12.2. The summed E-state index contributed by atoms with van der Waals surface area (Å²) in [6.07, 6.45) is -1.76. The molecule has 0 unspecified atom stereocenters. The first-order valence-electron chi connectivity index (χ1n) is 12.6. The lowest BCUT2D eigenvalue weighted by molar-refractivity contribution is -0.137. The molecule has 4 rings (SSSR count). The van der Waals surface area contributed by atoms with Crippen LogP contribution in [0.25, 0.3) is 0 Å². The average molecular weight is 623 g/mol. The van der Waals surface area contributed by atoms with Crippen molar-refractivity contribution in [3.63, 3.8) is 0 Å². The van der Waals surface area contributed by atoms with Crippen molar-refractivity contribution >= 4 is 35.0 Å². The van der Waals surface area contributed by atoms with Gasteiger partial charge in [0.2, 0.25) is 5.82 Å². The molecule has 0 aliphatic heterocycles. The number of hydrogen-bond acceptors (Lipinski definition) is 5. The smallest absolute Gasteiger partial charge is 0.344 e. The van der Waals surface area contributed by atoms with E-state index in [9.17, 15) is 36.3 Å². The van der Waals surface area contributed by atoms with Gasteiger partial charge in [0.15, 0.2) is 5.82 Å². The van der Waals surface area contributed by atoms with Gasteiger partial charge in [0.25, 0.3) is 11.8 Å². The molecule has 226 valence electrons. The number of Topliss-reactive ketones (excluding diaryl/α,β-unsaturated/α-hetero) is 1. The fourth-order valence-electron chi connectivity index (χ4n) is 4.42. The molecule has 0 aliphatic rings. The van der Waals surface area contributed by atoms with E-state index >= 15 is 0 Å². The van der Waals surface area contributed by atoms with Crippen molar-refractivity contribution < 1.29 is 36.3 Å². The summed E-state index contributed by atoms with van der Waals surface area (Å²) in [5, 5.41) is 5.06. The van der Waals surface area contributed by atoms with E-state index in [1.165, 1.54) is 23.9 Å². The van der Waals surface area contributed by atoms with E-state index in [2.05, 4.69) is 20.6 Å². The highest BCUT2D eigenvalue weighted by Gasteiger charge is 2.33. The fraction of sp³-hybridized carbons (Fsp3) is 0.250.